The summed E-state index contributed by atoms with van der Waals surface area (Å²) in [4.78, 5) is 24.7. The zero-order valence-corrected chi connectivity index (χ0v) is 14.0. The number of aromatic nitrogens is 4. The average molecular weight is 376 g/mol. The van der Waals surface area contributed by atoms with Gasteiger partial charge in [0.05, 0.1) is 6.54 Å². The maximum Gasteiger partial charge on any atom is 0.471 e. The quantitative estimate of drug-likeness (QED) is 0.860. The molecule has 2 amide bonds. The van der Waals surface area contributed by atoms with Crippen LogP contribution in [0.4, 0.5) is 13.2 Å². The van der Waals surface area contributed by atoms with Gasteiger partial charge in [0.1, 0.15) is 5.01 Å². The number of hydrogen-bond acceptors (Lipinski definition) is 6. The molecule has 1 N–H and O–H groups in total. The Hall–Kier alpha value is -2.24. The van der Waals surface area contributed by atoms with E-state index >= 15 is 0 Å². The Balaban J connectivity index is 1.50. The molecular formula is C13H15F3N6O2S. The third-order valence-corrected chi connectivity index (χ3v) is 4.90. The Morgan fingerprint density at radius 1 is 1.28 bits per heavy atom. The molecule has 8 nitrogen and oxygen atoms in total. The predicted molar refractivity (Wildman–Crippen MR) is 80.6 cm³/mol. The largest absolute Gasteiger partial charge is 0.471 e. The van der Waals surface area contributed by atoms with Gasteiger partial charge in [-0.25, -0.2) is 0 Å². The molecule has 0 saturated carbocycles. The Kier molecular flexibility index (Phi) is 4.62. The lowest BCUT2D eigenvalue weighted by Gasteiger charge is -2.31. The molecule has 2 aromatic heterocycles. The molecule has 0 atom stereocenters. The molecule has 2 aromatic rings. The van der Waals surface area contributed by atoms with Crippen LogP contribution in [0.25, 0.3) is 4.96 Å². The van der Waals surface area contributed by atoms with Gasteiger partial charge in [-0.3, -0.25) is 9.59 Å². The molecule has 3 rings (SSSR count). The van der Waals surface area contributed by atoms with Crippen molar-refractivity contribution in [3.63, 3.8) is 0 Å². The number of piperidine rings is 1. The van der Waals surface area contributed by atoms with E-state index in [9.17, 15) is 22.8 Å². The van der Waals surface area contributed by atoms with Crippen molar-refractivity contribution in [2.45, 2.75) is 32.5 Å². The number of nitrogens with zero attached hydrogens (tertiary/aromatic N) is 5. The van der Waals surface area contributed by atoms with E-state index in [2.05, 4.69) is 20.6 Å². The molecule has 1 fully saturated rings. The fourth-order valence-electron chi connectivity index (χ4n) is 2.66. The highest BCUT2D eigenvalue weighted by atomic mass is 32.1. The van der Waals surface area contributed by atoms with Gasteiger partial charge in [-0.15, -0.1) is 10.2 Å². The van der Waals surface area contributed by atoms with E-state index in [1.807, 2.05) is 0 Å². The highest BCUT2D eigenvalue weighted by Gasteiger charge is 2.43. The number of nitrogens with one attached hydrogen (secondary N) is 1. The van der Waals surface area contributed by atoms with E-state index in [4.69, 9.17) is 0 Å². The molecule has 1 saturated heterocycles. The first-order valence-electron chi connectivity index (χ1n) is 7.57. The molecule has 12 heteroatoms. The number of likely N-dealkylation sites (tertiary alicyclic amines) is 1. The Bertz CT molecular complexity index is 793. The predicted octanol–water partition coefficient (Wildman–Crippen LogP) is 0.911. The van der Waals surface area contributed by atoms with Crippen LogP contribution in [-0.2, 0) is 16.1 Å². The minimum Gasteiger partial charge on any atom is -0.349 e. The summed E-state index contributed by atoms with van der Waals surface area (Å²) in [5.74, 6) is -1.86. The third-order valence-electron chi connectivity index (χ3n) is 4.00. The first kappa shape index (κ1) is 17.6. The maximum absolute atomic E-state index is 12.4. The molecule has 3 heterocycles. The first-order valence-corrected chi connectivity index (χ1v) is 8.39. The summed E-state index contributed by atoms with van der Waals surface area (Å²) in [5, 5.41) is 15.5. The van der Waals surface area contributed by atoms with Gasteiger partial charge in [0.15, 0.2) is 5.82 Å². The molecule has 0 unspecified atom stereocenters. The third kappa shape index (κ3) is 3.72. The zero-order chi connectivity index (χ0) is 18.2. The summed E-state index contributed by atoms with van der Waals surface area (Å²) >= 11 is 1.30. The smallest absolute Gasteiger partial charge is 0.349 e. The van der Waals surface area contributed by atoms with E-state index in [0.29, 0.717) is 15.8 Å². The van der Waals surface area contributed by atoms with Crippen molar-refractivity contribution in [1.29, 1.82) is 0 Å². The van der Waals surface area contributed by atoms with Crippen LogP contribution in [0.1, 0.15) is 23.7 Å². The van der Waals surface area contributed by atoms with E-state index in [-0.39, 0.29) is 38.4 Å². The van der Waals surface area contributed by atoms with Crippen LogP contribution in [0.2, 0.25) is 0 Å². The standard InChI is InChI=1S/C13H15F3N6O2S/c1-7-18-19-12-22(7)20-9(25-12)6-17-10(23)8-2-4-21(5-3-8)11(24)13(14,15)16/h8H,2-6H2,1H3,(H,17,23). The number of fused-ring (bicyclic) bond motifs is 1. The highest BCUT2D eigenvalue weighted by Crippen LogP contribution is 2.24. The molecule has 136 valence electrons. The van der Waals surface area contributed by atoms with Crippen molar-refractivity contribution in [2.75, 3.05) is 13.1 Å². The summed E-state index contributed by atoms with van der Waals surface area (Å²) in [7, 11) is 0. The van der Waals surface area contributed by atoms with Crippen LogP contribution in [0.3, 0.4) is 0 Å². The second-order valence-electron chi connectivity index (χ2n) is 5.72. The van der Waals surface area contributed by atoms with Crippen molar-refractivity contribution >= 4 is 28.1 Å². The van der Waals surface area contributed by atoms with Crippen LogP contribution < -0.4 is 5.32 Å². The lowest BCUT2D eigenvalue weighted by Crippen LogP contribution is -2.47. The van der Waals surface area contributed by atoms with Gasteiger partial charge in [0.2, 0.25) is 10.9 Å². The van der Waals surface area contributed by atoms with Crippen molar-refractivity contribution in [3.05, 3.63) is 10.8 Å². The van der Waals surface area contributed by atoms with E-state index in [0.717, 1.165) is 4.90 Å². The summed E-state index contributed by atoms with van der Waals surface area (Å²) in [6.45, 7) is 1.82. The molecular weight excluding hydrogens is 361 g/mol. The molecule has 0 spiro atoms. The normalized spacial score (nSPS) is 16.4. The van der Waals surface area contributed by atoms with Gasteiger partial charge < -0.3 is 10.2 Å². The number of hydrogen-bond donors (Lipinski definition) is 1. The summed E-state index contributed by atoms with van der Waals surface area (Å²) < 4.78 is 38.8. The van der Waals surface area contributed by atoms with E-state index in [1.165, 1.54) is 11.3 Å². The van der Waals surface area contributed by atoms with Gasteiger partial charge in [0.25, 0.3) is 0 Å². The van der Waals surface area contributed by atoms with Crippen molar-refractivity contribution < 1.29 is 22.8 Å². The first-order chi connectivity index (χ1) is 11.8. The minimum absolute atomic E-state index is 0.0770. The Morgan fingerprint density at radius 3 is 2.56 bits per heavy atom. The fraction of sp³-hybridized carbons (Fsp3) is 0.615. The van der Waals surface area contributed by atoms with Gasteiger partial charge in [-0.2, -0.15) is 22.8 Å². The number of carbonyl (C=O) groups excluding carboxylic acids is 2. The van der Waals surface area contributed by atoms with Crippen LogP contribution in [0, 0.1) is 12.8 Å². The summed E-state index contributed by atoms with van der Waals surface area (Å²) in [6, 6.07) is 0. The number of alkyl halides is 3. The number of amides is 2. The number of carbonyl (C=O) groups is 2. The van der Waals surface area contributed by atoms with Crippen LogP contribution >= 0.6 is 11.3 Å². The number of aryl methyl sites for hydroxylation is 1. The molecule has 0 aromatic carbocycles. The Labute approximate surface area is 144 Å². The van der Waals surface area contributed by atoms with Crippen LogP contribution in [-0.4, -0.2) is 55.8 Å². The van der Waals surface area contributed by atoms with Crippen LogP contribution in [0.15, 0.2) is 0 Å². The van der Waals surface area contributed by atoms with Gasteiger partial charge in [-0.1, -0.05) is 11.3 Å². The van der Waals surface area contributed by atoms with E-state index in [1.54, 1.807) is 11.4 Å². The van der Waals surface area contributed by atoms with Crippen molar-refractivity contribution in [1.82, 2.24) is 30.0 Å². The lowest BCUT2D eigenvalue weighted by molar-refractivity contribution is -0.186. The maximum atomic E-state index is 12.4. The van der Waals surface area contributed by atoms with Crippen LogP contribution in [0.5, 0.6) is 0 Å². The minimum atomic E-state index is -4.87. The molecule has 0 radical (unpaired) electrons. The van der Waals surface area contributed by atoms with Gasteiger partial charge in [0, 0.05) is 19.0 Å². The van der Waals surface area contributed by atoms with E-state index < -0.39 is 18.0 Å². The molecule has 1 aliphatic rings. The number of halogens is 3. The zero-order valence-electron chi connectivity index (χ0n) is 13.2. The van der Waals surface area contributed by atoms with Gasteiger partial charge in [-0.05, 0) is 19.8 Å². The summed E-state index contributed by atoms with van der Waals surface area (Å²) in [5.41, 5.74) is 0. The number of rotatable bonds is 3. The molecule has 25 heavy (non-hydrogen) atoms. The SMILES string of the molecule is Cc1nnc2sc(CNC(=O)C3CCN(C(=O)C(F)(F)F)CC3)nn12. The summed E-state index contributed by atoms with van der Waals surface area (Å²) in [6.07, 6.45) is -4.46. The van der Waals surface area contributed by atoms with Gasteiger partial charge >= 0.3 is 12.1 Å². The molecule has 1 aliphatic heterocycles. The topological polar surface area (TPSA) is 92.5 Å². The lowest BCUT2D eigenvalue weighted by atomic mass is 9.96. The monoisotopic (exact) mass is 376 g/mol. The molecule has 0 bridgehead atoms. The second-order valence-corrected chi connectivity index (χ2v) is 6.76. The Morgan fingerprint density at radius 2 is 1.96 bits per heavy atom. The van der Waals surface area contributed by atoms with Crippen molar-refractivity contribution in [3.8, 4) is 0 Å². The average Bonchev–Trinajstić information content (AvgIpc) is 3.13. The van der Waals surface area contributed by atoms with Crippen molar-refractivity contribution in [2.24, 2.45) is 5.92 Å². The fourth-order valence-corrected chi connectivity index (χ4v) is 3.48. The molecule has 0 aliphatic carbocycles. The second kappa shape index (κ2) is 6.58. The highest BCUT2D eigenvalue weighted by molar-refractivity contribution is 7.16.